The average Bonchev–Trinajstić information content (AvgIpc) is 2.27. The molecule has 0 radical (unpaired) electrons. The van der Waals surface area contributed by atoms with Gasteiger partial charge in [0.1, 0.15) is 5.82 Å². The Hall–Kier alpha value is -0.860. The van der Waals surface area contributed by atoms with Crippen molar-refractivity contribution < 1.29 is 4.39 Å². The third kappa shape index (κ3) is 5.75. The van der Waals surface area contributed by atoms with Gasteiger partial charge in [-0.1, -0.05) is 37.1 Å². The molecule has 0 unspecified atom stereocenters. The van der Waals surface area contributed by atoms with Crippen LogP contribution in [0.3, 0.4) is 0 Å². The van der Waals surface area contributed by atoms with Crippen molar-refractivity contribution in [2.24, 2.45) is 5.92 Å². The van der Waals surface area contributed by atoms with Crippen LogP contribution in [-0.4, -0.2) is 12.1 Å². The van der Waals surface area contributed by atoms with Crippen molar-refractivity contribution in [2.45, 2.75) is 40.2 Å². The lowest BCUT2D eigenvalue weighted by atomic mass is 9.98. The molecule has 106 valence electrons. The topological polar surface area (TPSA) is 12.0 Å². The number of hydrogen-bond donors (Lipinski definition) is 1. The number of nitrogens with one attached hydrogen (secondary N) is 1. The van der Waals surface area contributed by atoms with Crippen LogP contribution in [0.5, 0.6) is 0 Å². The quantitative estimate of drug-likeness (QED) is 0.828. The first-order valence-corrected chi connectivity index (χ1v) is 6.97. The highest BCUT2D eigenvalue weighted by Crippen LogP contribution is 2.20. The molecule has 0 saturated carbocycles. The Balaban J connectivity index is 2.98. The maximum absolute atomic E-state index is 13.7. The molecular weight excluding hydrogens is 261 g/mol. The summed E-state index contributed by atoms with van der Waals surface area (Å²) >= 11 is 5.92. The Kier molecular flexibility index (Phi) is 5.57. The molecule has 1 aromatic carbocycles. The standard InChI is InChI=1S/C16H23ClFN/c1-11(2)13(10-19-16(3,4)5)8-12-9-14(17)6-7-15(12)18/h6-9,11,19H,10H2,1-5H3/b13-8+. The molecule has 1 N–H and O–H groups in total. The lowest BCUT2D eigenvalue weighted by Gasteiger charge is -2.23. The van der Waals surface area contributed by atoms with E-state index in [9.17, 15) is 4.39 Å². The molecule has 0 aliphatic carbocycles. The van der Waals surface area contributed by atoms with Gasteiger partial charge in [0.05, 0.1) is 0 Å². The number of rotatable bonds is 4. The second-order valence-corrected chi connectivity index (χ2v) is 6.58. The van der Waals surface area contributed by atoms with E-state index in [1.54, 1.807) is 12.1 Å². The van der Waals surface area contributed by atoms with Crippen LogP contribution in [0.25, 0.3) is 6.08 Å². The van der Waals surface area contributed by atoms with Crippen molar-refractivity contribution in [2.75, 3.05) is 6.54 Å². The Bertz CT molecular complexity index is 458. The van der Waals surface area contributed by atoms with Gasteiger partial charge in [0.15, 0.2) is 0 Å². The normalized spacial score (nSPS) is 13.2. The zero-order valence-electron chi connectivity index (χ0n) is 12.3. The van der Waals surface area contributed by atoms with E-state index in [1.165, 1.54) is 6.07 Å². The second-order valence-electron chi connectivity index (χ2n) is 6.14. The van der Waals surface area contributed by atoms with Gasteiger partial charge in [-0.3, -0.25) is 0 Å². The van der Waals surface area contributed by atoms with E-state index in [2.05, 4.69) is 39.9 Å². The molecule has 0 amide bonds. The van der Waals surface area contributed by atoms with Gasteiger partial charge >= 0.3 is 0 Å². The summed E-state index contributed by atoms with van der Waals surface area (Å²) in [5.41, 5.74) is 1.75. The third-order valence-corrected chi connectivity index (χ3v) is 3.10. The van der Waals surface area contributed by atoms with Crippen molar-refractivity contribution in [1.82, 2.24) is 5.32 Å². The van der Waals surface area contributed by atoms with Gasteiger partial charge in [-0.25, -0.2) is 4.39 Å². The molecule has 0 aliphatic rings. The Morgan fingerprint density at radius 1 is 1.37 bits per heavy atom. The van der Waals surface area contributed by atoms with Crippen molar-refractivity contribution in [3.05, 3.63) is 40.2 Å². The molecular formula is C16H23ClFN. The molecule has 0 saturated heterocycles. The van der Waals surface area contributed by atoms with Gasteiger partial charge < -0.3 is 5.32 Å². The summed E-state index contributed by atoms with van der Waals surface area (Å²) < 4.78 is 13.7. The van der Waals surface area contributed by atoms with Crippen molar-refractivity contribution in [3.8, 4) is 0 Å². The molecule has 0 fully saturated rings. The lowest BCUT2D eigenvalue weighted by Crippen LogP contribution is -2.37. The zero-order valence-corrected chi connectivity index (χ0v) is 13.1. The summed E-state index contributed by atoms with van der Waals surface area (Å²) in [7, 11) is 0. The van der Waals surface area contributed by atoms with Crippen molar-refractivity contribution in [1.29, 1.82) is 0 Å². The SMILES string of the molecule is CC(C)/C(=C/c1cc(Cl)ccc1F)CNC(C)(C)C. The van der Waals surface area contributed by atoms with Crippen LogP contribution in [0.2, 0.25) is 5.02 Å². The molecule has 0 aromatic heterocycles. The summed E-state index contributed by atoms with van der Waals surface area (Å²) in [5, 5.41) is 3.99. The first-order chi connectivity index (χ1) is 8.69. The van der Waals surface area contributed by atoms with Crippen molar-refractivity contribution >= 4 is 17.7 Å². The molecule has 0 heterocycles. The molecule has 1 aromatic rings. The first kappa shape index (κ1) is 16.2. The zero-order chi connectivity index (χ0) is 14.6. The van der Waals surface area contributed by atoms with Crippen LogP contribution in [0.1, 0.15) is 40.2 Å². The van der Waals surface area contributed by atoms with Crippen LogP contribution < -0.4 is 5.32 Å². The number of benzene rings is 1. The highest BCUT2D eigenvalue weighted by molar-refractivity contribution is 6.30. The summed E-state index contributed by atoms with van der Waals surface area (Å²) in [6, 6.07) is 4.64. The maximum Gasteiger partial charge on any atom is 0.130 e. The minimum atomic E-state index is -0.238. The molecule has 0 bridgehead atoms. The largest absolute Gasteiger partial charge is 0.308 e. The van der Waals surface area contributed by atoms with Crippen molar-refractivity contribution in [3.63, 3.8) is 0 Å². The fourth-order valence-electron chi connectivity index (χ4n) is 1.61. The van der Waals surface area contributed by atoms with Gasteiger partial charge in [-0.05, 0) is 44.9 Å². The molecule has 19 heavy (non-hydrogen) atoms. The van der Waals surface area contributed by atoms with Gasteiger partial charge in [-0.15, -0.1) is 0 Å². The van der Waals surface area contributed by atoms with E-state index >= 15 is 0 Å². The highest BCUT2D eigenvalue weighted by Gasteiger charge is 2.12. The molecule has 0 aliphatic heterocycles. The third-order valence-electron chi connectivity index (χ3n) is 2.86. The Morgan fingerprint density at radius 3 is 2.53 bits per heavy atom. The van der Waals surface area contributed by atoms with E-state index in [0.717, 1.165) is 12.1 Å². The minimum absolute atomic E-state index is 0.0425. The minimum Gasteiger partial charge on any atom is -0.308 e. The summed E-state index contributed by atoms with van der Waals surface area (Å²) in [6.45, 7) is 11.3. The number of halogens is 2. The predicted molar refractivity (Wildman–Crippen MR) is 82.0 cm³/mol. The van der Waals surface area contributed by atoms with Crippen LogP contribution >= 0.6 is 11.6 Å². The van der Waals surface area contributed by atoms with E-state index in [0.29, 0.717) is 16.5 Å². The Morgan fingerprint density at radius 2 is 2.00 bits per heavy atom. The van der Waals surface area contributed by atoms with E-state index in [1.807, 2.05) is 6.08 Å². The van der Waals surface area contributed by atoms with Gasteiger partial charge in [0.25, 0.3) is 0 Å². The summed E-state index contributed by atoms with van der Waals surface area (Å²) in [4.78, 5) is 0. The van der Waals surface area contributed by atoms with Gasteiger partial charge in [0.2, 0.25) is 0 Å². The molecule has 1 rings (SSSR count). The monoisotopic (exact) mass is 283 g/mol. The maximum atomic E-state index is 13.7. The van der Waals surface area contributed by atoms with E-state index < -0.39 is 0 Å². The molecule has 0 atom stereocenters. The fourth-order valence-corrected chi connectivity index (χ4v) is 1.79. The Labute approximate surface area is 120 Å². The van der Waals surface area contributed by atoms with Crippen LogP contribution in [-0.2, 0) is 0 Å². The second kappa shape index (κ2) is 6.53. The van der Waals surface area contributed by atoms with Gasteiger partial charge in [0, 0.05) is 22.7 Å². The highest BCUT2D eigenvalue weighted by atomic mass is 35.5. The predicted octanol–water partition coefficient (Wildman–Crippen LogP) is 4.91. The first-order valence-electron chi connectivity index (χ1n) is 6.59. The van der Waals surface area contributed by atoms with Crippen LogP contribution in [0.15, 0.2) is 23.8 Å². The van der Waals surface area contributed by atoms with Crippen LogP contribution in [0, 0.1) is 11.7 Å². The van der Waals surface area contributed by atoms with Gasteiger partial charge in [-0.2, -0.15) is 0 Å². The lowest BCUT2D eigenvalue weighted by molar-refractivity contribution is 0.437. The smallest absolute Gasteiger partial charge is 0.130 e. The average molecular weight is 284 g/mol. The van der Waals surface area contributed by atoms with E-state index in [-0.39, 0.29) is 11.4 Å². The molecule has 3 heteroatoms. The molecule has 0 spiro atoms. The summed E-state index contributed by atoms with van der Waals surface area (Å²) in [5.74, 6) is 0.117. The van der Waals surface area contributed by atoms with Crippen LogP contribution in [0.4, 0.5) is 4.39 Å². The van der Waals surface area contributed by atoms with E-state index in [4.69, 9.17) is 11.6 Å². The summed E-state index contributed by atoms with van der Waals surface area (Å²) in [6.07, 6.45) is 1.89. The molecule has 1 nitrogen and oxygen atoms in total. The number of hydrogen-bond acceptors (Lipinski definition) is 1. The fraction of sp³-hybridized carbons (Fsp3) is 0.500.